The Labute approximate surface area is 174 Å². The maximum absolute atomic E-state index is 5.91. The van der Waals surface area contributed by atoms with Gasteiger partial charge in [0.2, 0.25) is 0 Å². The molecule has 0 heterocycles. The Morgan fingerprint density at radius 2 is 1.93 bits per heavy atom. The lowest BCUT2D eigenvalue weighted by molar-refractivity contribution is -0.0865. The van der Waals surface area contributed by atoms with Crippen LogP contribution in [-0.4, -0.2) is 25.3 Å². The lowest BCUT2D eigenvalue weighted by Crippen LogP contribution is -2.46. The highest BCUT2D eigenvalue weighted by atomic mass is 79.9. The van der Waals surface area contributed by atoms with E-state index < -0.39 is 0 Å². The molecule has 152 valence electrons. The fraction of sp³-hybridized carbons (Fsp3) is 0.833. The summed E-state index contributed by atoms with van der Waals surface area (Å²) in [5, 5.41) is 1.15. The van der Waals surface area contributed by atoms with Crippen molar-refractivity contribution in [3.63, 3.8) is 0 Å². The zero-order valence-corrected chi connectivity index (χ0v) is 19.2. The third-order valence-electron chi connectivity index (χ3n) is 8.95. The van der Waals surface area contributed by atoms with Crippen molar-refractivity contribution in [1.82, 2.24) is 0 Å². The van der Waals surface area contributed by atoms with Gasteiger partial charge in [-0.1, -0.05) is 60.0 Å². The zero-order valence-electron chi connectivity index (χ0n) is 17.6. The van der Waals surface area contributed by atoms with Crippen LogP contribution in [0.4, 0.5) is 0 Å². The fourth-order valence-electron chi connectivity index (χ4n) is 7.36. The van der Waals surface area contributed by atoms with Crippen molar-refractivity contribution in [1.29, 1.82) is 0 Å². The minimum Gasteiger partial charge on any atom is -0.359 e. The van der Waals surface area contributed by atoms with Crippen LogP contribution in [0, 0.1) is 34.5 Å². The molecule has 0 bridgehead atoms. The Kier molecular flexibility index (Phi) is 5.68. The summed E-state index contributed by atoms with van der Waals surface area (Å²) in [5.41, 5.74) is 4.30. The highest BCUT2D eigenvalue weighted by Gasteiger charge is 2.56. The van der Waals surface area contributed by atoms with Gasteiger partial charge in [0.15, 0.2) is 0 Å². The molecule has 4 aliphatic rings. The standard InChI is InChI=1S/C24H37BrO2/c1-16(14-25)20-7-8-21-19-6-5-17-13-18(27-15-26-4)9-11-23(17,2)22(19)10-12-24(20,21)3/h5-6,16,18,20-22H,7-15H2,1-4H3/t16?,18-,20+,21-,22-,23-,24+/m0/s1. The second-order valence-corrected chi connectivity index (χ2v) is 10.8. The average Bonchev–Trinajstić information content (AvgIpc) is 3.02. The van der Waals surface area contributed by atoms with E-state index in [0.717, 1.165) is 35.4 Å². The SMILES string of the molecule is COCO[C@H]1CC[C@@]2(C)C(=CC=C3[C@@H]4CC[C@H](C(C)CBr)[C@@]4(C)CC[C@@H]32)C1. The lowest BCUT2D eigenvalue weighted by atomic mass is 9.50. The van der Waals surface area contributed by atoms with Crippen LogP contribution in [-0.2, 0) is 9.47 Å². The van der Waals surface area contributed by atoms with Crippen molar-refractivity contribution in [3.8, 4) is 0 Å². The van der Waals surface area contributed by atoms with Crippen molar-refractivity contribution >= 4 is 15.9 Å². The minimum absolute atomic E-state index is 0.337. The number of alkyl halides is 1. The summed E-state index contributed by atoms with van der Waals surface area (Å²) in [6.07, 6.45) is 14.5. The smallest absolute Gasteiger partial charge is 0.146 e. The van der Waals surface area contributed by atoms with Crippen LogP contribution in [0.2, 0.25) is 0 Å². The molecule has 27 heavy (non-hydrogen) atoms. The summed E-state index contributed by atoms with van der Waals surface area (Å²) in [6, 6.07) is 0. The van der Waals surface area contributed by atoms with E-state index >= 15 is 0 Å². The van der Waals surface area contributed by atoms with Crippen LogP contribution >= 0.6 is 15.9 Å². The van der Waals surface area contributed by atoms with Crippen molar-refractivity contribution in [2.24, 2.45) is 34.5 Å². The van der Waals surface area contributed by atoms with Crippen molar-refractivity contribution in [2.45, 2.75) is 71.8 Å². The molecule has 0 N–H and O–H groups in total. The fourth-order valence-corrected chi connectivity index (χ4v) is 7.81. The Morgan fingerprint density at radius 1 is 1.11 bits per heavy atom. The maximum atomic E-state index is 5.91. The molecule has 0 aromatic heterocycles. The minimum atomic E-state index is 0.337. The van der Waals surface area contributed by atoms with Gasteiger partial charge >= 0.3 is 0 Å². The van der Waals surface area contributed by atoms with Gasteiger partial charge < -0.3 is 9.47 Å². The Hall–Kier alpha value is -0.120. The average molecular weight is 437 g/mol. The number of methoxy groups -OCH3 is 1. The van der Waals surface area contributed by atoms with Crippen LogP contribution in [0.5, 0.6) is 0 Å². The summed E-state index contributed by atoms with van der Waals surface area (Å²) < 4.78 is 11.0. The van der Waals surface area contributed by atoms with Gasteiger partial charge in [-0.05, 0) is 79.4 Å². The first-order valence-corrected chi connectivity index (χ1v) is 12.1. The molecule has 0 aromatic carbocycles. The molecule has 7 atom stereocenters. The highest BCUT2D eigenvalue weighted by Crippen LogP contribution is 2.66. The zero-order chi connectivity index (χ0) is 19.2. The molecule has 0 radical (unpaired) electrons. The molecule has 3 saturated carbocycles. The Balaban J connectivity index is 1.59. The summed E-state index contributed by atoms with van der Waals surface area (Å²) in [5.74, 6) is 3.23. The number of hydrogen-bond acceptors (Lipinski definition) is 2. The molecule has 0 saturated heterocycles. The first-order chi connectivity index (χ1) is 12.9. The summed E-state index contributed by atoms with van der Waals surface area (Å²) >= 11 is 3.77. The van der Waals surface area contributed by atoms with Crippen LogP contribution < -0.4 is 0 Å². The van der Waals surface area contributed by atoms with Crippen LogP contribution in [0.1, 0.15) is 65.7 Å². The topological polar surface area (TPSA) is 18.5 Å². The molecule has 0 spiro atoms. The predicted molar refractivity (Wildman–Crippen MR) is 115 cm³/mol. The monoisotopic (exact) mass is 436 g/mol. The van der Waals surface area contributed by atoms with Gasteiger partial charge in [-0.3, -0.25) is 0 Å². The van der Waals surface area contributed by atoms with Crippen molar-refractivity contribution < 1.29 is 9.47 Å². The van der Waals surface area contributed by atoms with Gasteiger partial charge in [0.1, 0.15) is 6.79 Å². The lowest BCUT2D eigenvalue weighted by Gasteiger charge is -2.55. The Morgan fingerprint density at radius 3 is 2.67 bits per heavy atom. The van der Waals surface area contributed by atoms with Crippen LogP contribution in [0.25, 0.3) is 0 Å². The molecular weight excluding hydrogens is 400 g/mol. The van der Waals surface area contributed by atoms with Crippen LogP contribution in [0.15, 0.2) is 23.3 Å². The summed E-state index contributed by atoms with van der Waals surface area (Å²) in [6.45, 7) is 8.05. The quantitative estimate of drug-likeness (QED) is 0.361. The van der Waals surface area contributed by atoms with E-state index in [0.29, 0.717) is 23.7 Å². The molecule has 0 aliphatic heterocycles. The van der Waals surface area contributed by atoms with Gasteiger partial charge in [0.25, 0.3) is 0 Å². The second-order valence-electron chi connectivity index (χ2n) is 10.2. The third-order valence-corrected chi connectivity index (χ3v) is 9.97. The van der Waals surface area contributed by atoms with Gasteiger partial charge in [-0.25, -0.2) is 0 Å². The number of rotatable bonds is 5. The van der Waals surface area contributed by atoms with Gasteiger partial charge in [0, 0.05) is 12.4 Å². The first-order valence-electron chi connectivity index (χ1n) is 11.0. The molecule has 0 amide bonds. The molecule has 1 unspecified atom stereocenters. The number of fused-ring (bicyclic) bond motifs is 5. The van der Waals surface area contributed by atoms with E-state index in [1.807, 2.05) is 0 Å². The molecule has 4 aliphatic carbocycles. The van der Waals surface area contributed by atoms with E-state index in [1.54, 1.807) is 18.3 Å². The van der Waals surface area contributed by atoms with E-state index in [1.165, 1.54) is 38.5 Å². The molecule has 3 heteroatoms. The second kappa shape index (κ2) is 7.61. The largest absolute Gasteiger partial charge is 0.359 e. The van der Waals surface area contributed by atoms with Gasteiger partial charge in [-0.2, -0.15) is 0 Å². The van der Waals surface area contributed by atoms with Crippen LogP contribution in [0.3, 0.4) is 0 Å². The van der Waals surface area contributed by atoms with Gasteiger partial charge in [0.05, 0.1) is 6.10 Å². The number of allylic oxidation sites excluding steroid dienone is 3. The normalized spacial score (nSPS) is 44.6. The molecule has 3 fully saturated rings. The van der Waals surface area contributed by atoms with E-state index in [2.05, 4.69) is 48.9 Å². The molecule has 4 rings (SSSR count). The van der Waals surface area contributed by atoms with Gasteiger partial charge in [-0.15, -0.1) is 0 Å². The van der Waals surface area contributed by atoms with E-state index in [9.17, 15) is 0 Å². The highest BCUT2D eigenvalue weighted by molar-refractivity contribution is 9.09. The number of hydrogen-bond donors (Lipinski definition) is 0. The Bertz CT molecular complexity index is 626. The van der Waals surface area contributed by atoms with E-state index in [-0.39, 0.29) is 0 Å². The third kappa shape index (κ3) is 3.20. The van der Waals surface area contributed by atoms with Crippen molar-refractivity contribution in [2.75, 3.05) is 19.2 Å². The predicted octanol–water partition coefficient (Wildman–Crippen LogP) is 6.51. The first kappa shape index (κ1) is 20.2. The number of ether oxygens (including phenoxy) is 2. The van der Waals surface area contributed by atoms with Crippen molar-refractivity contribution in [3.05, 3.63) is 23.3 Å². The van der Waals surface area contributed by atoms with E-state index in [4.69, 9.17) is 9.47 Å². The summed E-state index contributed by atoms with van der Waals surface area (Å²) in [4.78, 5) is 0. The molecule has 0 aromatic rings. The molecule has 2 nitrogen and oxygen atoms in total. The maximum Gasteiger partial charge on any atom is 0.146 e. The number of halogens is 1. The summed E-state index contributed by atoms with van der Waals surface area (Å²) in [7, 11) is 1.71. The molecular formula is C24H37BrO2.